The van der Waals surface area contributed by atoms with E-state index in [2.05, 4.69) is 5.32 Å². The van der Waals surface area contributed by atoms with E-state index in [1.807, 2.05) is 60.7 Å². The quantitative estimate of drug-likeness (QED) is 0.645. The van der Waals surface area contributed by atoms with E-state index < -0.39 is 6.04 Å². The highest BCUT2D eigenvalue weighted by molar-refractivity contribution is 6.26. The van der Waals surface area contributed by atoms with Crippen LogP contribution in [-0.2, 0) is 16.0 Å². The van der Waals surface area contributed by atoms with Crippen molar-refractivity contribution >= 4 is 34.2 Å². The highest BCUT2D eigenvalue weighted by Gasteiger charge is 2.33. The average Bonchev–Trinajstić information content (AvgIpc) is 3.07. The van der Waals surface area contributed by atoms with Crippen LogP contribution in [0.25, 0.3) is 10.8 Å². The zero-order valence-electron chi connectivity index (χ0n) is 17.7. The van der Waals surface area contributed by atoms with Gasteiger partial charge in [0.2, 0.25) is 11.8 Å². The predicted octanol–water partition coefficient (Wildman–Crippen LogP) is 3.01. The largest absolute Gasteiger partial charge is 0.357 e. The minimum atomic E-state index is -0.642. The van der Waals surface area contributed by atoms with Gasteiger partial charge in [-0.1, -0.05) is 54.6 Å². The van der Waals surface area contributed by atoms with E-state index >= 15 is 0 Å². The molecule has 4 rings (SSSR count). The summed E-state index contributed by atoms with van der Waals surface area (Å²) >= 11 is 0. The molecule has 0 saturated heterocycles. The van der Waals surface area contributed by atoms with Gasteiger partial charge in [0.05, 0.1) is 5.69 Å². The number of hydrogen-bond acceptors (Lipinski definition) is 3. The lowest BCUT2D eigenvalue weighted by Crippen LogP contribution is -2.51. The lowest BCUT2D eigenvalue weighted by Gasteiger charge is -2.30. The van der Waals surface area contributed by atoms with Crippen molar-refractivity contribution in [3.8, 4) is 0 Å². The number of hydrogen-bond donors (Lipinski definition) is 1. The van der Waals surface area contributed by atoms with Gasteiger partial charge in [-0.2, -0.15) is 0 Å². The molecule has 158 valence electrons. The van der Waals surface area contributed by atoms with Crippen LogP contribution in [0.5, 0.6) is 0 Å². The molecule has 0 radical (unpaired) electrons. The molecule has 3 amide bonds. The first-order valence-corrected chi connectivity index (χ1v) is 10.4. The summed E-state index contributed by atoms with van der Waals surface area (Å²) in [7, 11) is 1.56. The van der Waals surface area contributed by atoms with E-state index in [1.165, 1.54) is 4.90 Å². The molecule has 1 heterocycles. The zero-order valence-corrected chi connectivity index (χ0v) is 17.7. The molecule has 1 atom stereocenters. The first-order valence-electron chi connectivity index (χ1n) is 10.4. The zero-order chi connectivity index (χ0) is 22.0. The third kappa shape index (κ3) is 3.89. The fraction of sp³-hybridized carbons (Fsp3) is 0.240. The molecular formula is C25H25N3O3. The van der Waals surface area contributed by atoms with E-state index in [4.69, 9.17) is 0 Å². The van der Waals surface area contributed by atoms with E-state index in [0.29, 0.717) is 18.5 Å². The first kappa shape index (κ1) is 20.6. The highest BCUT2D eigenvalue weighted by atomic mass is 16.2. The van der Waals surface area contributed by atoms with Gasteiger partial charge in [0.25, 0.3) is 5.91 Å². The van der Waals surface area contributed by atoms with Gasteiger partial charge in [-0.25, -0.2) is 0 Å². The number of nitrogens with one attached hydrogen (secondary N) is 1. The second-order valence-electron chi connectivity index (χ2n) is 7.69. The summed E-state index contributed by atoms with van der Waals surface area (Å²) in [6, 6.07) is 20.5. The number of benzene rings is 3. The Morgan fingerprint density at radius 1 is 1.00 bits per heavy atom. The van der Waals surface area contributed by atoms with Gasteiger partial charge < -0.3 is 10.2 Å². The number of amides is 3. The van der Waals surface area contributed by atoms with E-state index in [0.717, 1.165) is 22.0 Å². The summed E-state index contributed by atoms with van der Waals surface area (Å²) in [4.78, 5) is 41.8. The predicted molar refractivity (Wildman–Crippen MR) is 121 cm³/mol. The van der Waals surface area contributed by atoms with E-state index in [9.17, 15) is 14.4 Å². The van der Waals surface area contributed by atoms with Crippen LogP contribution in [0.4, 0.5) is 5.69 Å². The molecule has 6 heteroatoms. The third-order valence-electron chi connectivity index (χ3n) is 5.84. The Hall–Kier alpha value is -3.67. The van der Waals surface area contributed by atoms with Crippen molar-refractivity contribution in [1.82, 2.24) is 10.2 Å². The van der Waals surface area contributed by atoms with Gasteiger partial charge in [-0.05, 0) is 36.4 Å². The molecule has 6 nitrogen and oxygen atoms in total. The molecule has 1 N–H and O–H groups in total. The smallest absolute Gasteiger partial charge is 0.259 e. The van der Waals surface area contributed by atoms with Crippen molar-refractivity contribution in [3.05, 3.63) is 77.9 Å². The Bertz CT molecular complexity index is 1140. The van der Waals surface area contributed by atoms with Crippen LogP contribution in [-0.4, -0.2) is 48.8 Å². The molecule has 0 saturated carbocycles. The van der Waals surface area contributed by atoms with Crippen molar-refractivity contribution < 1.29 is 14.4 Å². The summed E-state index contributed by atoms with van der Waals surface area (Å²) in [6.45, 7) is 1.99. The number of rotatable bonds is 7. The number of likely N-dealkylation sites (N-methyl/N-ethyl adjacent to an activating group) is 1. The second kappa shape index (κ2) is 8.60. The summed E-state index contributed by atoms with van der Waals surface area (Å²) in [5.74, 6) is -0.680. The minimum absolute atomic E-state index is 0.108. The third-order valence-corrected chi connectivity index (χ3v) is 5.84. The van der Waals surface area contributed by atoms with Crippen LogP contribution >= 0.6 is 0 Å². The lowest BCUT2D eigenvalue weighted by molar-refractivity contribution is -0.138. The highest BCUT2D eigenvalue weighted by Crippen LogP contribution is 2.37. The van der Waals surface area contributed by atoms with Crippen LogP contribution in [0.15, 0.2) is 66.7 Å². The molecule has 3 aromatic rings. The monoisotopic (exact) mass is 415 g/mol. The molecule has 0 unspecified atom stereocenters. The fourth-order valence-corrected chi connectivity index (χ4v) is 4.14. The van der Waals surface area contributed by atoms with Crippen LogP contribution in [0.2, 0.25) is 0 Å². The van der Waals surface area contributed by atoms with Crippen molar-refractivity contribution in [2.24, 2.45) is 0 Å². The number of carbonyl (C=O) groups is 3. The molecule has 31 heavy (non-hydrogen) atoms. The molecule has 0 spiro atoms. The van der Waals surface area contributed by atoms with Crippen LogP contribution in [0.3, 0.4) is 0 Å². The van der Waals surface area contributed by atoms with Crippen LogP contribution in [0, 0.1) is 0 Å². The molecule has 0 aliphatic carbocycles. The first-order chi connectivity index (χ1) is 15.0. The molecular weight excluding hydrogens is 390 g/mol. The van der Waals surface area contributed by atoms with Crippen molar-refractivity contribution in [1.29, 1.82) is 0 Å². The Morgan fingerprint density at radius 2 is 1.71 bits per heavy atom. The van der Waals surface area contributed by atoms with Gasteiger partial charge >= 0.3 is 0 Å². The Labute approximate surface area is 181 Å². The fourth-order valence-electron chi connectivity index (χ4n) is 4.14. The van der Waals surface area contributed by atoms with Gasteiger partial charge in [0.15, 0.2) is 0 Å². The summed E-state index contributed by atoms with van der Waals surface area (Å²) in [5.41, 5.74) is 2.43. The van der Waals surface area contributed by atoms with E-state index in [1.54, 1.807) is 24.9 Å². The van der Waals surface area contributed by atoms with Gasteiger partial charge in [-0.15, -0.1) is 0 Å². The Kier molecular flexibility index (Phi) is 5.71. The Balaban J connectivity index is 1.58. The lowest BCUT2D eigenvalue weighted by atomic mass is 10.1. The second-order valence-corrected chi connectivity index (χ2v) is 7.69. The van der Waals surface area contributed by atoms with Gasteiger partial charge in [0.1, 0.15) is 12.6 Å². The van der Waals surface area contributed by atoms with Crippen LogP contribution in [0.1, 0.15) is 22.8 Å². The van der Waals surface area contributed by atoms with Crippen LogP contribution < -0.4 is 10.2 Å². The maximum absolute atomic E-state index is 13.4. The maximum Gasteiger partial charge on any atom is 0.259 e. The molecule has 0 aromatic heterocycles. The van der Waals surface area contributed by atoms with Gasteiger partial charge in [0, 0.05) is 24.5 Å². The van der Waals surface area contributed by atoms with E-state index in [-0.39, 0.29) is 24.3 Å². The van der Waals surface area contributed by atoms with Gasteiger partial charge in [-0.3, -0.25) is 19.3 Å². The minimum Gasteiger partial charge on any atom is -0.357 e. The number of anilines is 1. The number of carbonyl (C=O) groups excluding carboxylic acids is 3. The standard InChI is InChI=1S/C25H25N3O3/c1-17(24(30)26-2)27(15-14-18-8-4-3-5-9-18)22(29)16-28-21-13-7-11-19-10-6-12-20(23(19)21)25(28)31/h3-13,17H,14-16H2,1-2H3,(H,26,30)/t17-/m1/s1. The molecule has 0 fully saturated rings. The van der Waals surface area contributed by atoms with Crippen molar-refractivity contribution in [2.45, 2.75) is 19.4 Å². The molecule has 1 aliphatic heterocycles. The topological polar surface area (TPSA) is 69.7 Å². The summed E-state index contributed by atoms with van der Waals surface area (Å²) < 4.78 is 0. The Morgan fingerprint density at radius 3 is 2.42 bits per heavy atom. The molecule has 3 aromatic carbocycles. The summed E-state index contributed by atoms with van der Waals surface area (Å²) in [5, 5.41) is 4.46. The summed E-state index contributed by atoms with van der Waals surface area (Å²) in [6.07, 6.45) is 0.623. The normalized spacial score (nSPS) is 13.4. The SMILES string of the molecule is CNC(=O)[C@@H](C)N(CCc1ccccc1)C(=O)CN1C(=O)c2cccc3cccc1c23. The van der Waals surface area contributed by atoms with Crippen molar-refractivity contribution in [3.63, 3.8) is 0 Å². The number of nitrogens with zero attached hydrogens (tertiary/aromatic N) is 2. The molecule has 0 bridgehead atoms. The average molecular weight is 415 g/mol. The maximum atomic E-state index is 13.4. The molecule has 1 aliphatic rings. The van der Waals surface area contributed by atoms with Crippen molar-refractivity contribution in [2.75, 3.05) is 25.0 Å².